The quantitative estimate of drug-likeness (QED) is 0.463. The average molecular weight is 575 g/mol. The minimum Gasteiger partial charge on any atom is -0.487 e. The number of carbonyl (C=O) groups excluding carboxylic acids is 1. The van der Waals surface area contributed by atoms with Gasteiger partial charge in [-0.05, 0) is 85.4 Å². The molecule has 1 fully saturated rings. The normalized spacial score (nSPS) is 25.2. The average Bonchev–Trinajstić information content (AvgIpc) is 2.92. The van der Waals surface area contributed by atoms with Crippen molar-refractivity contribution in [2.45, 2.75) is 43.6 Å². The van der Waals surface area contributed by atoms with Gasteiger partial charge in [0.1, 0.15) is 19.0 Å². The van der Waals surface area contributed by atoms with E-state index in [0.29, 0.717) is 42.4 Å². The number of carbonyl (C=O) groups is 1. The molecule has 2 atom stereocenters. The van der Waals surface area contributed by atoms with Crippen LogP contribution in [0.5, 0.6) is 5.75 Å². The molecule has 0 aromatic heterocycles. The van der Waals surface area contributed by atoms with Gasteiger partial charge in [-0.3, -0.25) is 4.79 Å². The lowest BCUT2D eigenvalue weighted by Gasteiger charge is -2.40. The van der Waals surface area contributed by atoms with E-state index in [9.17, 15) is 13.2 Å². The summed E-state index contributed by atoms with van der Waals surface area (Å²) < 4.78 is 45.6. The first-order valence-corrected chi connectivity index (χ1v) is 15.4. The van der Waals surface area contributed by atoms with Crippen LogP contribution in [0.4, 0.5) is 5.69 Å². The lowest BCUT2D eigenvalue weighted by atomic mass is 9.73. The monoisotopic (exact) mass is 574 g/mol. The van der Waals surface area contributed by atoms with E-state index in [1.807, 2.05) is 18.2 Å². The fraction of sp³-hybridized carbons (Fsp3) is 0.483. The molecule has 3 aliphatic rings. The molecule has 2 aromatic rings. The summed E-state index contributed by atoms with van der Waals surface area (Å²) >= 11 is 6.28. The van der Waals surface area contributed by atoms with E-state index < -0.39 is 15.9 Å². The summed E-state index contributed by atoms with van der Waals surface area (Å²) in [6, 6.07) is 10.7. The number of anilines is 1. The van der Waals surface area contributed by atoms with E-state index in [1.165, 1.54) is 11.6 Å². The van der Waals surface area contributed by atoms with E-state index in [2.05, 4.69) is 21.8 Å². The fourth-order valence-electron chi connectivity index (χ4n) is 5.35. The van der Waals surface area contributed by atoms with Crippen LogP contribution in [0.25, 0.3) is 0 Å². The highest BCUT2D eigenvalue weighted by Gasteiger charge is 2.32. The molecule has 1 amide bonds. The molecule has 39 heavy (non-hydrogen) atoms. The molecule has 0 saturated heterocycles. The zero-order chi connectivity index (χ0) is 27.2. The molecule has 2 heterocycles. The maximum atomic E-state index is 13.2. The third kappa shape index (κ3) is 7.14. The van der Waals surface area contributed by atoms with Crippen LogP contribution in [0, 0.1) is 11.8 Å². The van der Waals surface area contributed by atoms with Crippen LogP contribution in [0.15, 0.2) is 53.4 Å². The second-order valence-electron chi connectivity index (χ2n) is 10.3. The summed E-state index contributed by atoms with van der Waals surface area (Å²) in [4.78, 5) is 14.6. The van der Waals surface area contributed by atoms with Gasteiger partial charge in [0.05, 0.1) is 30.4 Å². The Bertz CT molecular complexity index is 1310. The van der Waals surface area contributed by atoms with Crippen molar-refractivity contribution in [2.24, 2.45) is 11.8 Å². The van der Waals surface area contributed by atoms with Crippen molar-refractivity contribution in [3.8, 4) is 5.75 Å². The van der Waals surface area contributed by atoms with Crippen molar-refractivity contribution in [3.05, 3.63) is 64.7 Å². The van der Waals surface area contributed by atoms with Crippen molar-refractivity contribution < 1.29 is 27.4 Å². The molecule has 1 saturated carbocycles. The van der Waals surface area contributed by atoms with Crippen molar-refractivity contribution in [3.63, 3.8) is 0 Å². The standard InChI is InChI=1S/C29H35ClN2O6S/c30-25-9-8-24-19-38-28-11-10-26-17-27(28)32(12-2-1-4-22(24)16-25)18-23-7-6-21(23)5-3-13-36-14-15-37-20-29(33)31-39(26,34)35/h3,5,8-11,16-17,21,23H,1-2,4,6-7,12-15,18-20H2,(H,31,33)/b5-3+/t21-,23-/m1/s1. The lowest BCUT2D eigenvalue weighted by molar-refractivity contribution is -0.124. The first-order valence-electron chi connectivity index (χ1n) is 13.6. The topological polar surface area (TPSA) is 94.2 Å². The van der Waals surface area contributed by atoms with Crippen molar-refractivity contribution in [1.29, 1.82) is 0 Å². The minimum atomic E-state index is -4.10. The number of amides is 1. The molecule has 1 aliphatic carbocycles. The maximum Gasteiger partial charge on any atom is 0.264 e. The van der Waals surface area contributed by atoms with Crippen LogP contribution >= 0.6 is 11.6 Å². The van der Waals surface area contributed by atoms with Crippen LogP contribution in [-0.4, -0.2) is 53.8 Å². The molecule has 2 aliphatic heterocycles. The van der Waals surface area contributed by atoms with Crippen LogP contribution in [0.2, 0.25) is 5.02 Å². The zero-order valence-electron chi connectivity index (χ0n) is 21.9. The molecule has 1 N–H and O–H groups in total. The number of aryl methyl sites for hydroxylation is 1. The second-order valence-corrected chi connectivity index (χ2v) is 12.4. The molecular weight excluding hydrogens is 540 g/mol. The molecule has 210 valence electrons. The predicted octanol–water partition coefficient (Wildman–Crippen LogP) is 4.50. The van der Waals surface area contributed by atoms with Crippen LogP contribution in [0.3, 0.4) is 0 Å². The Labute approximate surface area is 235 Å². The molecular formula is C29H35ClN2O6S. The number of fused-ring (bicyclic) bond motifs is 3. The van der Waals surface area contributed by atoms with Gasteiger partial charge in [-0.2, -0.15) is 0 Å². The van der Waals surface area contributed by atoms with Crippen LogP contribution < -0.4 is 14.4 Å². The highest BCUT2D eigenvalue weighted by atomic mass is 35.5. The van der Waals surface area contributed by atoms with Gasteiger partial charge < -0.3 is 19.1 Å². The summed E-state index contributed by atoms with van der Waals surface area (Å²) in [6.45, 7) is 2.53. The van der Waals surface area contributed by atoms with E-state index in [0.717, 1.165) is 56.4 Å². The molecule has 10 heteroatoms. The Kier molecular flexibility index (Phi) is 9.12. The van der Waals surface area contributed by atoms with E-state index in [1.54, 1.807) is 12.1 Å². The van der Waals surface area contributed by atoms with Gasteiger partial charge in [-0.15, -0.1) is 0 Å². The molecule has 5 rings (SSSR count). The van der Waals surface area contributed by atoms with Crippen LogP contribution in [-0.2, 0) is 37.3 Å². The summed E-state index contributed by atoms with van der Waals surface area (Å²) in [5, 5.41) is 0.706. The van der Waals surface area contributed by atoms with E-state index in [4.69, 9.17) is 25.8 Å². The summed E-state index contributed by atoms with van der Waals surface area (Å²) in [5.41, 5.74) is 2.96. The summed E-state index contributed by atoms with van der Waals surface area (Å²) in [6.07, 6.45) is 9.31. The Hall–Kier alpha value is -2.59. The molecule has 0 spiro atoms. The van der Waals surface area contributed by atoms with Crippen molar-refractivity contribution >= 4 is 33.2 Å². The number of ether oxygens (including phenoxy) is 3. The highest BCUT2D eigenvalue weighted by Crippen LogP contribution is 2.40. The summed E-state index contributed by atoms with van der Waals surface area (Å²) in [7, 11) is -4.10. The number of benzene rings is 2. The van der Waals surface area contributed by atoms with E-state index >= 15 is 0 Å². The van der Waals surface area contributed by atoms with Gasteiger partial charge in [0.15, 0.2) is 0 Å². The fourth-order valence-corrected chi connectivity index (χ4v) is 6.53. The van der Waals surface area contributed by atoms with Crippen molar-refractivity contribution in [1.82, 2.24) is 4.72 Å². The number of hydrogen-bond donors (Lipinski definition) is 1. The number of halogens is 1. The van der Waals surface area contributed by atoms with E-state index in [-0.39, 0.29) is 18.1 Å². The summed E-state index contributed by atoms with van der Waals surface area (Å²) in [5.74, 6) is 0.773. The van der Waals surface area contributed by atoms with Gasteiger partial charge in [0, 0.05) is 18.1 Å². The van der Waals surface area contributed by atoms with Gasteiger partial charge in [0.2, 0.25) is 0 Å². The number of sulfonamides is 1. The Morgan fingerprint density at radius 1 is 0.974 bits per heavy atom. The third-order valence-electron chi connectivity index (χ3n) is 7.64. The zero-order valence-corrected chi connectivity index (χ0v) is 23.5. The van der Waals surface area contributed by atoms with Crippen molar-refractivity contribution in [2.75, 3.05) is 44.4 Å². The maximum absolute atomic E-state index is 13.2. The molecule has 2 bridgehead atoms. The molecule has 0 unspecified atom stereocenters. The minimum absolute atomic E-state index is 0.0137. The second kappa shape index (κ2) is 12.7. The van der Waals surface area contributed by atoms with Gasteiger partial charge in [0.25, 0.3) is 15.9 Å². The highest BCUT2D eigenvalue weighted by molar-refractivity contribution is 7.90. The molecule has 0 radical (unpaired) electrons. The predicted molar refractivity (Wildman–Crippen MR) is 150 cm³/mol. The Balaban J connectivity index is 1.50. The van der Waals surface area contributed by atoms with Gasteiger partial charge in [-0.25, -0.2) is 13.1 Å². The van der Waals surface area contributed by atoms with Gasteiger partial charge in [-0.1, -0.05) is 29.8 Å². The smallest absolute Gasteiger partial charge is 0.264 e. The van der Waals surface area contributed by atoms with Crippen LogP contribution in [0.1, 0.15) is 36.8 Å². The number of rotatable bonds is 0. The molecule has 2 aromatic carbocycles. The Morgan fingerprint density at radius 2 is 1.85 bits per heavy atom. The Morgan fingerprint density at radius 3 is 2.69 bits per heavy atom. The largest absolute Gasteiger partial charge is 0.487 e. The first-order chi connectivity index (χ1) is 18.9. The number of nitrogens with zero attached hydrogens (tertiary/aromatic N) is 1. The SMILES string of the molecule is O=C1COCCOC/C=C/[C@@H]2CC[C@@H]2CN2CCCCc3cc(Cl)ccc3COc3ccc(cc32)S(=O)(=O)N1. The lowest BCUT2D eigenvalue weighted by Crippen LogP contribution is -2.38. The number of allylic oxidation sites excluding steroid dienone is 1. The third-order valence-corrected chi connectivity index (χ3v) is 9.24. The first kappa shape index (κ1) is 28.0. The number of nitrogens with one attached hydrogen (secondary N) is 1. The number of hydrogen-bond acceptors (Lipinski definition) is 7. The van der Waals surface area contributed by atoms with Gasteiger partial charge >= 0.3 is 0 Å². The molecule has 8 nitrogen and oxygen atoms in total.